The van der Waals surface area contributed by atoms with Crippen LogP contribution in [0.4, 0.5) is 11.9 Å². The fourth-order valence-corrected chi connectivity index (χ4v) is 10.3. The molecule has 23 nitrogen and oxygen atoms in total. The zero-order chi connectivity index (χ0) is 39.9. The average Bonchev–Trinajstić information content (AvgIpc) is 3.91. The summed E-state index contributed by atoms with van der Waals surface area (Å²) < 4.78 is 89.0. The van der Waals surface area contributed by atoms with E-state index in [1.54, 1.807) is 17.8 Å². The number of benzene rings is 1. The van der Waals surface area contributed by atoms with Crippen molar-refractivity contribution in [2.45, 2.75) is 70.2 Å². The molecule has 0 aliphatic carbocycles. The van der Waals surface area contributed by atoms with Crippen LogP contribution in [0.15, 0.2) is 36.9 Å². The maximum absolute atomic E-state index is 13.9. The van der Waals surface area contributed by atoms with Crippen molar-refractivity contribution in [3.63, 3.8) is 0 Å². The summed E-state index contributed by atoms with van der Waals surface area (Å²) in [6, 6.07) is 5.77. The smallest absolute Gasteiger partial charge is 0.476 e. The molecule has 8 heterocycles. The van der Waals surface area contributed by atoms with E-state index in [9.17, 15) is 14.2 Å². The summed E-state index contributed by atoms with van der Waals surface area (Å²) in [7, 11) is -8.62. The molecule has 5 aromatic rings. The lowest BCUT2D eigenvalue weighted by Gasteiger charge is -2.34. The number of hydrogen-bond acceptors (Lipinski definition) is 21. The van der Waals surface area contributed by atoms with Gasteiger partial charge in [-0.15, -0.1) is 0 Å². The number of nitrogens with two attached hydrogens (primary N) is 2. The first-order valence-corrected chi connectivity index (χ1v) is 20.8. The maximum atomic E-state index is 13.9. The Morgan fingerprint density at radius 1 is 0.842 bits per heavy atom. The van der Waals surface area contributed by atoms with Crippen LogP contribution in [0.3, 0.4) is 0 Å². The molecule has 4 saturated heterocycles. The standard InChI is InChI=1S/C32H38N10O13P2/c1-5-46-26-20-24(37-30(33)39-26)41(13-35-20)28-15(3)22-18(50-28)11-48-56(44,54-22)52-16-8-7-9-17(10-16)53-57(45)49-12-19-23(55-57)32(4,43)29(51-19)42-14-36-21-25(42)38-31(34)40-27(21)47-6-2/h7-10,13-15,18-19,22-23,28-29,43H,5-6,11-12H2,1-4H3,(H2,33,37,39)(H2,34,38,40). The highest BCUT2D eigenvalue weighted by Crippen LogP contribution is 2.60. The molecular formula is C32H38N10O13P2. The molecule has 10 atom stereocenters. The Morgan fingerprint density at radius 3 is 2.02 bits per heavy atom. The largest absolute Gasteiger partial charge is 0.530 e. The molecule has 0 radical (unpaired) electrons. The maximum Gasteiger partial charge on any atom is 0.530 e. The predicted octanol–water partition coefficient (Wildman–Crippen LogP) is 3.31. The van der Waals surface area contributed by atoms with E-state index in [1.807, 2.05) is 13.8 Å². The van der Waals surface area contributed by atoms with E-state index in [-0.39, 0.29) is 59.9 Å². The number of rotatable bonds is 10. The van der Waals surface area contributed by atoms with Gasteiger partial charge in [0.05, 0.1) is 39.1 Å². The topological polar surface area (TPSA) is 286 Å². The summed E-state index contributed by atoms with van der Waals surface area (Å²) in [6.45, 7) is 7.20. The summed E-state index contributed by atoms with van der Waals surface area (Å²) in [5.41, 5.74) is 11.4. The van der Waals surface area contributed by atoms with Gasteiger partial charge in [0.15, 0.2) is 28.6 Å². The Kier molecular flexibility index (Phi) is 9.29. The predicted molar refractivity (Wildman–Crippen MR) is 194 cm³/mol. The number of nitrogens with zero attached hydrogens (tertiary/aromatic N) is 8. The number of imidazole rings is 2. The minimum Gasteiger partial charge on any atom is -0.476 e. The second-order valence-corrected chi connectivity index (χ2v) is 16.8. The number of hydrogen-bond donors (Lipinski definition) is 3. The van der Waals surface area contributed by atoms with Crippen LogP contribution in [-0.4, -0.2) is 101 Å². The number of aromatic nitrogens is 8. The van der Waals surface area contributed by atoms with Crippen molar-refractivity contribution < 1.29 is 60.3 Å². The van der Waals surface area contributed by atoms with Crippen molar-refractivity contribution in [1.82, 2.24) is 39.0 Å². The van der Waals surface area contributed by atoms with Crippen molar-refractivity contribution in [3.05, 3.63) is 36.9 Å². The van der Waals surface area contributed by atoms with Crippen molar-refractivity contribution in [1.29, 1.82) is 0 Å². The number of phosphoric acid groups is 2. The third kappa shape index (κ3) is 6.61. The third-order valence-electron chi connectivity index (χ3n) is 9.80. The lowest BCUT2D eigenvalue weighted by molar-refractivity contribution is -0.0897. The molecular weight excluding hydrogens is 794 g/mol. The third-order valence-corrected chi connectivity index (χ3v) is 12.6. The number of nitrogen functional groups attached to an aromatic ring is 2. The first-order valence-electron chi connectivity index (χ1n) is 17.9. The van der Waals surface area contributed by atoms with Gasteiger partial charge in [-0.1, -0.05) is 13.0 Å². The van der Waals surface area contributed by atoms with Gasteiger partial charge in [0.25, 0.3) is 0 Å². The molecule has 9 rings (SSSR count). The van der Waals surface area contributed by atoms with Crippen LogP contribution >= 0.6 is 15.6 Å². The van der Waals surface area contributed by atoms with Crippen LogP contribution in [-0.2, 0) is 36.7 Å². The Bertz CT molecular complexity index is 2450. The highest BCUT2D eigenvalue weighted by atomic mass is 31.2. The zero-order valence-electron chi connectivity index (χ0n) is 30.8. The van der Waals surface area contributed by atoms with Gasteiger partial charge in [-0.2, -0.15) is 19.9 Å². The molecule has 25 heteroatoms. The molecule has 304 valence electrons. The van der Waals surface area contributed by atoms with Gasteiger partial charge in [0.1, 0.15) is 47.7 Å². The van der Waals surface area contributed by atoms with Gasteiger partial charge < -0.3 is 44.6 Å². The fourth-order valence-electron chi connectivity index (χ4n) is 7.30. The number of aliphatic hydroxyl groups is 1. The van der Waals surface area contributed by atoms with Crippen molar-refractivity contribution >= 4 is 49.9 Å². The van der Waals surface area contributed by atoms with Crippen molar-refractivity contribution in [3.8, 4) is 23.3 Å². The van der Waals surface area contributed by atoms with Crippen molar-refractivity contribution in [2.24, 2.45) is 5.92 Å². The van der Waals surface area contributed by atoms with E-state index >= 15 is 0 Å². The average molecular weight is 833 g/mol. The second kappa shape index (κ2) is 14.0. The van der Waals surface area contributed by atoms with E-state index in [2.05, 4.69) is 29.9 Å². The zero-order valence-corrected chi connectivity index (χ0v) is 32.6. The highest BCUT2D eigenvalue weighted by molar-refractivity contribution is 7.49. The Labute approximate surface area is 323 Å². The highest BCUT2D eigenvalue weighted by Gasteiger charge is 2.61. The minimum absolute atomic E-state index is 0.00185. The first-order chi connectivity index (χ1) is 27.3. The Hall–Kier alpha value is -4.70. The summed E-state index contributed by atoms with van der Waals surface area (Å²) in [6.07, 6.45) is -2.20. The van der Waals surface area contributed by atoms with E-state index in [0.29, 0.717) is 29.9 Å². The van der Waals surface area contributed by atoms with Gasteiger partial charge >= 0.3 is 15.6 Å². The van der Waals surface area contributed by atoms with Crippen LogP contribution in [0.2, 0.25) is 0 Å². The minimum atomic E-state index is -4.39. The van der Waals surface area contributed by atoms with Crippen LogP contribution < -0.4 is 30.0 Å². The first kappa shape index (κ1) is 37.9. The normalized spacial score (nSPS) is 33.6. The van der Waals surface area contributed by atoms with E-state index < -0.39 is 58.1 Å². The summed E-state index contributed by atoms with van der Waals surface area (Å²) in [5.74, 6) is -0.0630. The quantitative estimate of drug-likeness (QED) is 0.170. The molecule has 4 fully saturated rings. The monoisotopic (exact) mass is 832 g/mol. The van der Waals surface area contributed by atoms with E-state index in [1.165, 1.54) is 42.1 Å². The van der Waals surface area contributed by atoms with E-state index in [4.69, 9.17) is 57.6 Å². The number of ether oxygens (including phenoxy) is 4. The number of phosphoric ester groups is 2. The molecule has 1 aromatic carbocycles. The van der Waals surface area contributed by atoms with Gasteiger partial charge in [-0.05, 0) is 32.9 Å². The Morgan fingerprint density at radius 2 is 1.40 bits per heavy atom. The number of anilines is 2. The SMILES string of the molecule is CCOc1nc(N)nc2c1ncn2C1OC2COP(=O)(Oc3cccc(OP4(=O)OCC5OC(n6cnc7c(OCC)nc(N)nc76)C(C)(O)C5O4)c3)OC2C1C. The molecule has 0 saturated carbocycles. The molecule has 0 amide bonds. The van der Waals surface area contributed by atoms with Gasteiger partial charge in [-0.3, -0.25) is 27.2 Å². The summed E-state index contributed by atoms with van der Waals surface area (Å²) in [5, 5.41) is 11.8. The van der Waals surface area contributed by atoms with Gasteiger partial charge in [0.2, 0.25) is 23.7 Å². The molecule has 10 unspecified atom stereocenters. The van der Waals surface area contributed by atoms with Crippen LogP contribution in [0.5, 0.6) is 23.3 Å². The molecule has 4 aliphatic rings. The molecule has 4 aromatic heterocycles. The summed E-state index contributed by atoms with van der Waals surface area (Å²) >= 11 is 0. The Balaban J connectivity index is 0.880. The second-order valence-electron chi connectivity index (χ2n) is 13.7. The fraction of sp³-hybridized carbons (Fsp3) is 0.500. The molecule has 4 aliphatic heterocycles. The molecule has 0 spiro atoms. The molecule has 0 bridgehead atoms. The van der Waals surface area contributed by atoms with Crippen LogP contribution in [0, 0.1) is 5.92 Å². The van der Waals surface area contributed by atoms with Gasteiger partial charge in [0, 0.05) is 12.0 Å². The molecule has 5 N–H and O–H groups in total. The van der Waals surface area contributed by atoms with Crippen LogP contribution in [0.25, 0.3) is 22.3 Å². The van der Waals surface area contributed by atoms with Crippen LogP contribution in [0.1, 0.15) is 40.2 Å². The number of fused-ring (bicyclic) bond motifs is 4. The van der Waals surface area contributed by atoms with E-state index in [0.717, 1.165) is 0 Å². The van der Waals surface area contributed by atoms with Crippen molar-refractivity contribution in [2.75, 3.05) is 37.9 Å². The molecule has 57 heavy (non-hydrogen) atoms. The van der Waals surface area contributed by atoms with Gasteiger partial charge in [-0.25, -0.2) is 19.1 Å². The summed E-state index contributed by atoms with van der Waals surface area (Å²) in [4.78, 5) is 25.6. The lowest BCUT2D eigenvalue weighted by Crippen LogP contribution is -2.47. The lowest BCUT2D eigenvalue weighted by atomic mass is 9.96.